The van der Waals surface area contributed by atoms with Crippen molar-refractivity contribution in [1.29, 1.82) is 0 Å². The van der Waals surface area contributed by atoms with Crippen LogP contribution in [0.1, 0.15) is 56.2 Å². The third kappa shape index (κ3) is 2.66. The molecule has 0 saturated heterocycles. The first-order chi connectivity index (χ1) is 8.25. The summed E-state index contributed by atoms with van der Waals surface area (Å²) in [7, 11) is 0. The lowest BCUT2D eigenvalue weighted by Gasteiger charge is -2.22. The number of hydrogen-bond donors (Lipinski definition) is 1. The minimum Gasteiger partial charge on any atom is -0.370 e. The maximum atomic E-state index is 6.20. The van der Waals surface area contributed by atoms with Crippen LogP contribution in [0.5, 0.6) is 0 Å². The van der Waals surface area contributed by atoms with Gasteiger partial charge in [0.2, 0.25) is 0 Å². The highest BCUT2D eigenvalue weighted by molar-refractivity contribution is 5.03. The van der Waals surface area contributed by atoms with E-state index in [1.807, 2.05) is 0 Å². The van der Waals surface area contributed by atoms with Crippen LogP contribution >= 0.6 is 0 Å². The number of nitrogens with two attached hydrogens (primary N) is 1. The molecule has 0 bridgehead atoms. The van der Waals surface area contributed by atoms with Gasteiger partial charge in [-0.25, -0.2) is 0 Å². The van der Waals surface area contributed by atoms with Crippen molar-refractivity contribution >= 4 is 0 Å². The summed E-state index contributed by atoms with van der Waals surface area (Å²) < 4.78 is 10.7. The molecule has 0 unspecified atom stereocenters. The number of ether oxygens (including phenoxy) is 1. The second-order valence-electron chi connectivity index (χ2n) is 5.38. The summed E-state index contributed by atoms with van der Waals surface area (Å²) in [5, 5.41) is 3.95. The fourth-order valence-electron chi connectivity index (χ4n) is 2.40. The second kappa shape index (κ2) is 4.38. The van der Waals surface area contributed by atoms with E-state index < -0.39 is 0 Å². The number of nitrogens with zero attached hydrogens (tertiary/aromatic N) is 2. The van der Waals surface area contributed by atoms with Crippen LogP contribution in [-0.4, -0.2) is 22.3 Å². The molecule has 2 N–H and O–H groups in total. The van der Waals surface area contributed by atoms with E-state index in [-0.39, 0.29) is 5.54 Å². The second-order valence-corrected chi connectivity index (χ2v) is 5.38. The third-order valence-electron chi connectivity index (χ3n) is 3.64. The van der Waals surface area contributed by atoms with E-state index in [0.717, 1.165) is 18.7 Å². The van der Waals surface area contributed by atoms with E-state index in [2.05, 4.69) is 10.1 Å². The molecule has 2 aliphatic rings. The summed E-state index contributed by atoms with van der Waals surface area (Å²) in [6, 6.07) is 0. The zero-order valence-electron chi connectivity index (χ0n) is 10.0. The van der Waals surface area contributed by atoms with Crippen LogP contribution in [-0.2, 0) is 11.3 Å². The average Bonchev–Trinajstić information content (AvgIpc) is 2.91. The van der Waals surface area contributed by atoms with E-state index in [1.165, 1.54) is 25.7 Å². The summed E-state index contributed by atoms with van der Waals surface area (Å²) in [4.78, 5) is 4.32. The Balaban J connectivity index is 1.46. The van der Waals surface area contributed by atoms with Crippen LogP contribution in [0, 0.1) is 0 Å². The normalized spacial score (nSPS) is 23.1. The molecule has 0 spiro atoms. The van der Waals surface area contributed by atoms with Gasteiger partial charge >= 0.3 is 0 Å². The summed E-state index contributed by atoms with van der Waals surface area (Å²) in [6.07, 6.45) is 6.92. The van der Waals surface area contributed by atoms with Crippen LogP contribution in [0.25, 0.3) is 0 Å². The summed E-state index contributed by atoms with van der Waals surface area (Å²) in [5.74, 6) is 1.95. The van der Waals surface area contributed by atoms with E-state index in [4.69, 9.17) is 15.0 Å². The van der Waals surface area contributed by atoms with Crippen LogP contribution in [0.4, 0.5) is 0 Å². The van der Waals surface area contributed by atoms with E-state index in [1.54, 1.807) is 0 Å². The summed E-state index contributed by atoms with van der Waals surface area (Å²) in [6.45, 7) is 0.979. The molecule has 17 heavy (non-hydrogen) atoms. The van der Waals surface area contributed by atoms with E-state index in [9.17, 15) is 0 Å². The smallest absolute Gasteiger partial charge is 0.252 e. The number of rotatable bonds is 5. The van der Waals surface area contributed by atoms with Gasteiger partial charge in [-0.15, -0.1) is 0 Å². The van der Waals surface area contributed by atoms with Crippen LogP contribution < -0.4 is 5.73 Å². The Morgan fingerprint density at radius 2 is 2.12 bits per heavy atom. The monoisotopic (exact) mass is 237 g/mol. The quantitative estimate of drug-likeness (QED) is 0.844. The first-order valence-electron chi connectivity index (χ1n) is 6.44. The Hall–Kier alpha value is -0.940. The molecule has 0 amide bonds. The van der Waals surface area contributed by atoms with E-state index in [0.29, 0.717) is 25.0 Å². The van der Waals surface area contributed by atoms with Gasteiger partial charge < -0.3 is 15.0 Å². The first-order valence-corrected chi connectivity index (χ1v) is 6.44. The predicted octanol–water partition coefficient (Wildman–Crippen LogP) is 1.74. The SMILES string of the molecule is NC1(COCc2nc(C3CC3)no2)CCCC1. The van der Waals surface area contributed by atoms with Crippen molar-refractivity contribution < 1.29 is 9.26 Å². The van der Waals surface area contributed by atoms with Gasteiger partial charge in [-0.2, -0.15) is 4.98 Å². The topological polar surface area (TPSA) is 74.2 Å². The lowest BCUT2D eigenvalue weighted by molar-refractivity contribution is 0.0588. The van der Waals surface area contributed by atoms with Gasteiger partial charge in [0.25, 0.3) is 5.89 Å². The highest BCUT2D eigenvalue weighted by Crippen LogP contribution is 2.38. The van der Waals surface area contributed by atoms with Gasteiger partial charge in [0.05, 0.1) is 6.61 Å². The number of aromatic nitrogens is 2. The number of hydrogen-bond acceptors (Lipinski definition) is 5. The van der Waals surface area contributed by atoms with Gasteiger partial charge in [-0.1, -0.05) is 18.0 Å². The van der Waals surface area contributed by atoms with Crippen molar-refractivity contribution in [2.24, 2.45) is 5.73 Å². The maximum absolute atomic E-state index is 6.20. The van der Waals surface area contributed by atoms with Crippen LogP contribution in [0.15, 0.2) is 4.52 Å². The highest BCUT2D eigenvalue weighted by Gasteiger charge is 2.30. The molecule has 94 valence electrons. The van der Waals surface area contributed by atoms with Gasteiger partial charge in [-0.05, 0) is 25.7 Å². The van der Waals surface area contributed by atoms with Crippen molar-refractivity contribution in [2.75, 3.05) is 6.61 Å². The van der Waals surface area contributed by atoms with Gasteiger partial charge in [0, 0.05) is 11.5 Å². The predicted molar refractivity (Wildman–Crippen MR) is 61.3 cm³/mol. The fourth-order valence-corrected chi connectivity index (χ4v) is 2.40. The highest BCUT2D eigenvalue weighted by atomic mass is 16.5. The molecule has 2 aliphatic carbocycles. The zero-order chi connectivity index (χ0) is 11.7. The van der Waals surface area contributed by atoms with Crippen molar-refractivity contribution in [1.82, 2.24) is 10.1 Å². The van der Waals surface area contributed by atoms with Gasteiger partial charge in [0.15, 0.2) is 5.82 Å². The molecule has 1 aromatic rings. The minimum atomic E-state index is -0.126. The Morgan fingerprint density at radius 3 is 2.82 bits per heavy atom. The van der Waals surface area contributed by atoms with Crippen molar-refractivity contribution in [3.8, 4) is 0 Å². The fraction of sp³-hybridized carbons (Fsp3) is 0.833. The molecule has 2 fully saturated rings. The van der Waals surface area contributed by atoms with Crippen molar-refractivity contribution in [3.05, 3.63) is 11.7 Å². The third-order valence-corrected chi connectivity index (χ3v) is 3.64. The molecule has 0 aromatic carbocycles. The van der Waals surface area contributed by atoms with Gasteiger partial charge in [-0.3, -0.25) is 0 Å². The van der Waals surface area contributed by atoms with E-state index >= 15 is 0 Å². The molecule has 0 aliphatic heterocycles. The molecule has 3 rings (SSSR count). The average molecular weight is 237 g/mol. The molecular weight excluding hydrogens is 218 g/mol. The van der Waals surface area contributed by atoms with Crippen LogP contribution in [0.2, 0.25) is 0 Å². The Labute approximate surface area is 101 Å². The lowest BCUT2D eigenvalue weighted by atomic mass is 10.0. The summed E-state index contributed by atoms with van der Waals surface area (Å²) >= 11 is 0. The Bertz CT molecular complexity index is 381. The van der Waals surface area contributed by atoms with Crippen LogP contribution in [0.3, 0.4) is 0 Å². The Morgan fingerprint density at radius 1 is 1.35 bits per heavy atom. The molecule has 1 heterocycles. The first kappa shape index (κ1) is 11.2. The molecule has 5 heteroatoms. The maximum Gasteiger partial charge on any atom is 0.252 e. The molecule has 1 aromatic heterocycles. The molecule has 2 saturated carbocycles. The Kier molecular flexibility index (Phi) is 2.88. The largest absolute Gasteiger partial charge is 0.370 e. The van der Waals surface area contributed by atoms with Crippen molar-refractivity contribution in [3.63, 3.8) is 0 Å². The van der Waals surface area contributed by atoms with Gasteiger partial charge in [0.1, 0.15) is 6.61 Å². The molecular formula is C12H19N3O2. The summed E-state index contributed by atoms with van der Waals surface area (Å²) in [5.41, 5.74) is 6.07. The molecule has 0 atom stereocenters. The molecule has 5 nitrogen and oxygen atoms in total. The van der Waals surface area contributed by atoms with Crippen molar-refractivity contribution in [2.45, 2.75) is 56.6 Å². The minimum absolute atomic E-state index is 0.126. The lowest BCUT2D eigenvalue weighted by Crippen LogP contribution is -2.41. The standard InChI is InChI=1S/C12H19N3O2/c13-12(5-1-2-6-12)8-16-7-10-14-11(15-17-10)9-3-4-9/h9H,1-8,13H2. The molecule has 0 radical (unpaired) electrons. The zero-order valence-corrected chi connectivity index (χ0v) is 10.0.